The zero-order valence-electron chi connectivity index (χ0n) is 12.5. The number of amides is 1. The van der Waals surface area contributed by atoms with Crippen LogP contribution in [0.1, 0.15) is 19.3 Å². The molecule has 1 aliphatic heterocycles. The number of benzene rings is 2. The van der Waals surface area contributed by atoms with E-state index in [1.54, 1.807) is 18.1 Å². The summed E-state index contributed by atoms with van der Waals surface area (Å²) in [6, 6.07) is 12.5. The minimum atomic E-state index is -0.376. The van der Waals surface area contributed by atoms with Crippen molar-refractivity contribution in [3.8, 4) is 16.9 Å². The predicted octanol–water partition coefficient (Wildman–Crippen LogP) is 4.02. The highest BCUT2D eigenvalue weighted by molar-refractivity contribution is 5.94. The summed E-state index contributed by atoms with van der Waals surface area (Å²) in [5.74, 6) is 0.317. The summed E-state index contributed by atoms with van der Waals surface area (Å²) in [5, 5.41) is 0. The summed E-state index contributed by atoms with van der Waals surface area (Å²) in [6.07, 6.45) is 2.30. The summed E-state index contributed by atoms with van der Waals surface area (Å²) >= 11 is 0. The van der Waals surface area contributed by atoms with E-state index in [9.17, 15) is 9.18 Å². The third-order valence-corrected chi connectivity index (χ3v) is 3.98. The number of piperidine rings is 1. The minimum absolute atomic E-state index is 0.00445. The average Bonchev–Trinajstić information content (AvgIpc) is 2.55. The van der Waals surface area contributed by atoms with Crippen LogP contribution in [-0.4, -0.2) is 19.6 Å². The van der Waals surface area contributed by atoms with Gasteiger partial charge in [0.1, 0.15) is 11.6 Å². The number of ether oxygens (including phenoxy) is 1. The van der Waals surface area contributed by atoms with Gasteiger partial charge >= 0.3 is 0 Å². The summed E-state index contributed by atoms with van der Waals surface area (Å²) in [4.78, 5) is 13.5. The van der Waals surface area contributed by atoms with Crippen molar-refractivity contribution in [2.75, 3.05) is 18.6 Å². The highest BCUT2D eigenvalue weighted by atomic mass is 19.1. The SMILES string of the molecule is COc1ccccc1-c1ccc(N2CCCCC2=O)c(F)c1. The van der Waals surface area contributed by atoms with Gasteiger partial charge in [0.2, 0.25) is 5.91 Å². The van der Waals surface area contributed by atoms with Crippen molar-refractivity contribution < 1.29 is 13.9 Å². The molecule has 1 aliphatic rings. The summed E-state index contributed by atoms with van der Waals surface area (Å²) < 4.78 is 19.8. The van der Waals surface area contributed by atoms with Crippen LogP contribution in [0.2, 0.25) is 0 Å². The standard InChI is InChI=1S/C18H18FNO2/c1-22-17-7-3-2-6-14(17)13-9-10-16(15(19)12-13)20-11-5-4-8-18(20)21/h2-3,6-7,9-10,12H,4-5,8,11H2,1H3. The summed E-state index contributed by atoms with van der Waals surface area (Å²) in [7, 11) is 1.59. The molecule has 0 saturated carbocycles. The Bertz CT molecular complexity index is 699. The van der Waals surface area contributed by atoms with E-state index in [1.165, 1.54) is 6.07 Å². The lowest BCUT2D eigenvalue weighted by molar-refractivity contribution is -0.119. The van der Waals surface area contributed by atoms with Crippen LogP contribution in [0, 0.1) is 5.82 Å². The van der Waals surface area contributed by atoms with E-state index < -0.39 is 0 Å². The second-order valence-electron chi connectivity index (χ2n) is 5.37. The molecule has 114 valence electrons. The first kappa shape index (κ1) is 14.6. The third-order valence-electron chi connectivity index (χ3n) is 3.98. The quantitative estimate of drug-likeness (QED) is 0.856. The number of carbonyl (C=O) groups excluding carboxylic acids is 1. The normalized spacial score (nSPS) is 15.0. The van der Waals surface area contributed by atoms with Crippen LogP contribution in [0.3, 0.4) is 0 Å². The third kappa shape index (κ3) is 2.69. The van der Waals surface area contributed by atoms with Gasteiger partial charge in [0, 0.05) is 18.5 Å². The molecule has 1 saturated heterocycles. The number of carbonyl (C=O) groups is 1. The van der Waals surface area contributed by atoms with Crippen molar-refractivity contribution in [2.24, 2.45) is 0 Å². The van der Waals surface area contributed by atoms with Crippen molar-refractivity contribution in [1.82, 2.24) is 0 Å². The van der Waals surface area contributed by atoms with Crippen LogP contribution < -0.4 is 9.64 Å². The minimum Gasteiger partial charge on any atom is -0.496 e. The van der Waals surface area contributed by atoms with Crippen LogP contribution in [0.5, 0.6) is 5.75 Å². The Hall–Kier alpha value is -2.36. The van der Waals surface area contributed by atoms with E-state index in [0.29, 0.717) is 24.4 Å². The van der Waals surface area contributed by atoms with Crippen molar-refractivity contribution in [1.29, 1.82) is 0 Å². The Labute approximate surface area is 129 Å². The number of methoxy groups -OCH3 is 1. The molecular formula is C18H18FNO2. The molecule has 0 spiro atoms. The van der Waals surface area contributed by atoms with Crippen molar-refractivity contribution in [3.05, 3.63) is 48.3 Å². The maximum absolute atomic E-state index is 14.5. The highest BCUT2D eigenvalue weighted by Gasteiger charge is 2.22. The number of halogens is 1. The van der Waals surface area contributed by atoms with Crippen molar-refractivity contribution in [3.63, 3.8) is 0 Å². The number of hydrogen-bond acceptors (Lipinski definition) is 2. The van der Waals surface area contributed by atoms with E-state index >= 15 is 0 Å². The molecule has 1 amide bonds. The molecule has 2 aromatic carbocycles. The van der Waals surface area contributed by atoms with E-state index in [2.05, 4.69) is 0 Å². The van der Waals surface area contributed by atoms with Gasteiger partial charge in [0.15, 0.2) is 0 Å². The van der Waals surface area contributed by atoms with Crippen LogP contribution in [0.15, 0.2) is 42.5 Å². The van der Waals surface area contributed by atoms with Gasteiger partial charge in [0.05, 0.1) is 12.8 Å². The van der Waals surface area contributed by atoms with Crippen LogP contribution in [0.4, 0.5) is 10.1 Å². The maximum atomic E-state index is 14.5. The van der Waals surface area contributed by atoms with E-state index in [0.717, 1.165) is 24.0 Å². The van der Waals surface area contributed by atoms with Gasteiger partial charge in [-0.1, -0.05) is 24.3 Å². The monoisotopic (exact) mass is 299 g/mol. The van der Waals surface area contributed by atoms with Crippen molar-refractivity contribution >= 4 is 11.6 Å². The molecule has 1 heterocycles. The predicted molar refractivity (Wildman–Crippen MR) is 84.6 cm³/mol. The Morgan fingerprint density at radius 2 is 1.95 bits per heavy atom. The van der Waals surface area contributed by atoms with E-state index in [4.69, 9.17) is 4.74 Å². The molecular weight excluding hydrogens is 281 g/mol. The van der Waals surface area contributed by atoms with Gasteiger partial charge in [-0.05, 0) is 36.6 Å². The number of anilines is 1. The molecule has 3 nitrogen and oxygen atoms in total. The lowest BCUT2D eigenvalue weighted by Gasteiger charge is -2.27. The van der Waals surface area contributed by atoms with Crippen LogP contribution >= 0.6 is 0 Å². The molecule has 0 N–H and O–H groups in total. The van der Waals surface area contributed by atoms with Crippen LogP contribution in [-0.2, 0) is 4.79 Å². The Morgan fingerprint density at radius 3 is 2.68 bits per heavy atom. The second kappa shape index (κ2) is 6.18. The molecule has 0 atom stereocenters. The van der Waals surface area contributed by atoms with Crippen LogP contribution in [0.25, 0.3) is 11.1 Å². The van der Waals surface area contributed by atoms with Gasteiger partial charge in [-0.25, -0.2) is 4.39 Å². The fraction of sp³-hybridized carbons (Fsp3) is 0.278. The molecule has 0 bridgehead atoms. The zero-order chi connectivity index (χ0) is 15.5. The number of para-hydroxylation sites is 1. The molecule has 0 aliphatic carbocycles. The van der Waals surface area contributed by atoms with Gasteiger partial charge in [-0.2, -0.15) is 0 Å². The Balaban J connectivity index is 1.97. The Morgan fingerprint density at radius 1 is 1.14 bits per heavy atom. The van der Waals surface area contributed by atoms with Crippen molar-refractivity contribution in [2.45, 2.75) is 19.3 Å². The van der Waals surface area contributed by atoms with E-state index in [-0.39, 0.29) is 11.7 Å². The molecule has 22 heavy (non-hydrogen) atoms. The lowest BCUT2D eigenvalue weighted by Crippen LogP contribution is -2.35. The Kier molecular flexibility index (Phi) is 4.09. The molecule has 0 unspecified atom stereocenters. The first-order valence-corrected chi connectivity index (χ1v) is 7.44. The molecule has 0 radical (unpaired) electrons. The van der Waals surface area contributed by atoms with E-state index in [1.807, 2.05) is 30.3 Å². The average molecular weight is 299 g/mol. The molecule has 2 aromatic rings. The van der Waals surface area contributed by atoms with Gasteiger partial charge in [0.25, 0.3) is 0 Å². The lowest BCUT2D eigenvalue weighted by atomic mass is 10.0. The number of rotatable bonds is 3. The second-order valence-corrected chi connectivity index (χ2v) is 5.37. The largest absolute Gasteiger partial charge is 0.496 e. The van der Waals surface area contributed by atoms with Gasteiger partial charge < -0.3 is 9.64 Å². The van der Waals surface area contributed by atoms with Gasteiger partial charge in [-0.3, -0.25) is 4.79 Å². The maximum Gasteiger partial charge on any atom is 0.227 e. The summed E-state index contributed by atoms with van der Waals surface area (Å²) in [6.45, 7) is 0.587. The molecule has 3 rings (SSSR count). The topological polar surface area (TPSA) is 29.5 Å². The first-order valence-electron chi connectivity index (χ1n) is 7.44. The highest BCUT2D eigenvalue weighted by Crippen LogP contribution is 2.33. The fourth-order valence-corrected chi connectivity index (χ4v) is 2.84. The molecule has 1 fully saturated rings. The zero-order valence-corrected chi connectivity index (χ0v) is 12.5. The molecule has 4 heteroatoms. The number of hydrogen-bond donors (Lipinski definition) is 0. The van der Waals surface area contributed by atoms with Gasteiger partial charge in [-0.15, -0.1) is 0 Å². The smallest absolute Gasteiger partial charge is 0.227 e. The first-order chi connectivity index (χ1) is 10.7. The molecule has 0 aromatic heterocycles. The fourth-order valence-electron chi connectivity index (χ4n) is 2.84. The number of nitrogens with zero attached hydrogens (tertiary/aromatic N) is 1. The summed E-state index contributed by atoms with van der Waals surface area (Å²) in [5.41, 5.74) is 1.94.